The molecule has 0 radical (unpaired) electrons. The zero-order valence-electron chi connectivity index (χ0n) is 24.5. The molecule has 4 N–H and O–H groups in total. The molecule has 0 fully saturated rings. The number of ether oxygens (including phenoxy) is 2. The summed E-state index contributed by atoms with van der Waals surface area (Å²) in [7, 11) is 3.22. The van der Waals surface area contributed by atoms with Crippen molar-refractivity contribution in [1.29, 1.82) is 5.26 Å². The highest BCUT2D eigenvalue weighted by molar-refractivity contribution is 8.03. The van der Waals surface area contributed by atoms with E-state index in [0.29, 0.717) is 16.9 Å². The molecule has 0 spiro atoms. The molecule has 2 aromatic heterocycles. The number of thiocyanates is 1. The Balaban J connectivity index is 0.000000177. The molecule has 44 heavy (non-hydrogen) atoms. The second-order valence-electron chi connectivity index (χ2n) is 10.2. The molecule has 0 unspecified atom stereocenters. The second kappa shape index (κ2) is 14.5. The molecular weight excluding hydrogens is 609 g/mol. The molecule has 2 heterocycles. The highest BCUT2D eigenvalue weighted by atomic mass is 32.2. The first-order valence-electron chi connectivity index (χ1n) is 14.2. The van der Waals surface area contributed by atoms with E-state index in [-0.39, 0.29) is 5.11 Å². The van der Waals surface area contributed by atoms with Gasteiger partial charge in [-0.1, -0.05) is 24.3 Å². The van der Waals surface area contributed by atoms with Crippen molar-refractivity contribution < 1.29 is 9.47 Å². The number of aromatic nitrogens is 2. The van der Waals surface area contributed by atoms with Crippen LogP contribution < -0.4 is 25.8 Å². The van der Waals surface area contributed by atoms with Crippen LogP contribution in [0.2, 0.25) is 0 Å². The van der Waals surface area contributed by atoms with Gasteiger partial charge >= 0.3 is 0 Å². The molecule has 11 heteroatoms. The van der Waals surface area contributed by atoms with E-state index in [1.54, 1.807) is 26.6 Å². The van der Waals surface area contributed by atoms with Crippen LogP contribution in [0.15, 0.2) is 65.8 Å². The molecule has 0 saturated heterocycles. The van der Waals surface area contributed by atoms with Gasteiger partial charge in [0.1, 0.15) is 5.40 Å². The number of pyridine rings is 2. The number of nitrogens with zero attached hydrogens (tertiary/aromatic N) is 3. The highest BCUT2D eigenvalue weighted by Crippen LogP contribution is 2.40. The van der Waals surface area contributed by atoms with Gasteiger partial charge in [-0.2, -0.15) is 5.26 Å². The maximum absolute atomic E-state index is 9.10. The Morgan fingerprint density at radius 1 is 0.841 bits per heavy atom. The summed E-state index contributed by atoms with van der Waals surface area (Å²) in [5, 5.41) is 17.9. The van der Waals surface area contributed by atoms with Crippen molar-refractivity contribution in [2.45, 2.75) is 43.4 Å². The summed E-state index contributed by atoms with van der Waals surface area (Å²) in [5.41, 5.74) is 16.1. The summed E-state index contributed by atoms with van der Waals surface area (Å²) < 4.78 is 10.4. The molecule has 0 saturated carbocycles. The van der Waals surface area contributed by atoms with Gasteiger partial charge in [0.25, 0.3) is 0 Å². The average Bonchev–Trinajstić information content (AvgIpc) is 3.72. The molecule has 224 valence electrons. The van der Waals surface area contributed by atoms with Gasteiger partial charge in [-0.3, -0.25) is 0 Å². The standard InChI is InChI=1S/C17H18N4OS2.C16H14N2OS/c1-22-14-9-11(7-8-19-14)13-6-5-10-3-2-4-12(10)15(13)20-17(24)21-16(18)23;1-19-15-9-12(7-8-18-15)14-6-5-11-3-2-4-13(11)16(14)20-10-17/h5-9H,2-4H2,1H3,(H4,18,20,21,23,24);5-9H,2-4H2,1H3. The molecule has 0 atom stereocenters. The minimum absolute atomic E-state index is 0.146. The lowest BCUT2D eigenvalue weighted by atomic mass is 9.98. The summed E-state index contributed by atoms with van der Waals surface area (Å²) in [6, 6.07) is 16.3. The van der Waals surface area contributed by atoms with Crippen molar-refractivity contribution in [3.8, 4) is 39.4 Å². The van der Waals surface area contributed by atoms with Crippen molar-refractivity contribution in [3.05, 3.63) is 83.2 Å². The predicted octanol–water partition coefficient (Wildman–Crippen LogP) is 6.59. The molecule has 2 aliphatic rings. The molecule has 0 bridgehead atoms. The second-order valence-corrected chi connectivity index (χ2v) is 11.9. The Kier molecular flexibility index (Phi) is 10.3. The van der Waals surface area contributed by atoms with Crippen LogP contribution in [0.25, 0.3) is 22.3 Å². The lowest BCUT2D eigenvalue weighted by Crippen LogP contribution is -2.38. The summed E-state index contributed by atoms with van der Waals surface area (Å²) >= 11 is 11.4. The smallest absolute Gasteiger partial charge is 0.213 e. The molecule has 0 aliphatic heterocycles. The van der Waals surface area contributed by atoms with E-state index in [1.807, 2.05) is 24.3 Å². The maximum Gasteiger partial charge on any atom is 0.213 e. The number of rotatable bonds is 6. The van der Waals surface area contributed by atoms with Crippen molar-refractivity contribution in [2.75, 3.05) is 19.5 Å². The van der Waals surface area contributed by atoms with Crippen molar-refractivity contribution in [1.82, 2.24) is 15.3 Å². The number of anilines is 1. The van der Waals surface area contributed by atoms with Gasteiger partial charge in [0.05, 0.1) is 19.9 Å². The van der Waals surface area contributed by atoms with E-state index in [0.717, 1.165) is 64.9 Å². The molecule has 2 aliphatic carbocycles. The lowest BCUT2D eigenvalue weighted by Gasteiger charge is -2.18. The molecule has 2 aromatic carbocycles. The van der Waals surface area contributed by atoms with Crippen LogP contribution in [0.4, 0.5) is 5.69 Å². The number of thioether (sulfide) groups is 1. The fraction of sp³-hybridized carbons (Fsp3) is 0.242. The van der Waals surface area contributed by atoms with E-state index >= 15 is 0 Å². The number of fused-ring (bicyclic) bond motifs is 2. The Bertz CT molecular complexity index is 1750. The Morgan fingerprint density at radius 2 is 1.41 bits per heavy atom. The van der Waals surface area contributed by atoms with Gasteiger partial charge in [-0.25, -0.2) is 9.97 Å². The number of hydrogen-bond donors (Lipinski definition) is 3. The van der Waals surface area contributed by atoms with E-state index in [9.17, 15) is 0 Å². The van der Waals surface area contributed by atoms with E-state index < -0.39 is 0 Å². The zero-order valence-corrected chi connectivity index (χ0v) is 26.9. The van der Waals surface area contributed by atoms with Crippen LogP contribution in [0.3, 0.4) is 0 Å². The number of hydrogen-bond acceptors (Lipinski definition) is 8. The van der Waals surface area contributed by atoms with Gasteiger partial charge in [0.2, 0.25) is 11.8 Å². The highest BCUT2D eigenvalue weighted by Gasteiger charge is 2.21. The van der Waals surface area contributed by atoms with Gasteiger partial charge < -0.3 is 25.8 Å². The van der Waals surface area contributed by atoms with Crippen molar-refractivity contribution >= 4 is 52.1 Å². The van der Waals surface area contributed by atoms with Crippen LogP contribution in [0.1, 0.15) is 35.1 Å². The SMILES string of the molecule is COc1cc(-c2ccc3c(c2NC(=S)NC(N)=S)CCC3)ccn1.COc1cc(-c2ccc3c(c2SC#N)CCC3)ccn1. The Morgan fingerprint density at radius 3 is 2.00 bits per heavy atom. The predicted molar refractivity (Wildman–Crippen MR) is 184 cm³/mol. The summed E-state index contributed by atoms with van der Waals surface area (Å²) in [4.78, 5) is 9.40. The van der Waals surface area contributed by atoms with Gasteiger partial charge in [-0.15, -0.1) is 0 Å². The maximum atomic E-state index is 9.10. The third-order valence-corrected chi connectivity index (χ3v) is 8.71. The number of nitrogens with two attached hydrogens (primary N) is 1. The fourth-order valence-electron chi connectivity index (χ4n) is 5.71. The molecule has 8 nitrogen and oxygen atoms in total. The van der Waals surface area contributed by atoms with Crippen LogP contribution in [-0.4, -0.2) is 34.4 Å². The van der Waals surface area contributed by atoms with Gasteiger partial charge in [0.15, 0.2) is 10.2 Å². The third-order valence-electron chi connectivity index (χ3n) is 7.65. The monoisotopic (exact) mass is 640 g/mol. The Hall–Kier alpha value is -4.24. The molecule has 4 aromatic rings. The minimum Gasteiger partial charge on any atom is -0.481 e. The Labute approximate surface area is 272 Å². The van der Waals surface area contributed by atoms with Crippen LogP contribution in [0.5, 0.6) is 11.8 Å². The molecule has 6 rings (SSSR count). The summed E-state index contributed by atoms with van der Waals surface area (Å²) in [6.45, 7) is 0. The number of benzene rings is 2. The minimum atomic E-state index is 0.146. The fourth-order valence-corrected chi connectivity index (χ4v) is 6.83. The van der Waals surface area contributed by atoms with Gasteiger partial charge in [0, 0.05) is 35.0 Å². The van der Waals surface area contributed by atoms with Crippen LogP contribution in [0, 0.1) is 10.7 Å². The normalized spacial score (nSPS) is 12.6. The van der Waals surface area contributed by atoms with Crippen LogP contribution in [-0.2, 0) is 25.7 Å². The number of nitriles is 1. The third kappa shape index (κ3) is 7.10. The van der Waals surface area contributed by atoms with E-state index in [4.69, 9.17) is 44.9 Å². The molecular formula is C33H32N6O2S3. The van der Waals surface area contributed by atoms with Crippen molar-refractivity contribution in [3.63, 3.8) is 0 Å². The first-order chi connectivity index (χ1) is 21.4. The number of methoxy groups -OCH3 is 2. The number of aryl methyl sites for hydroxylation is 2. The molecule has 0 amide bonds. The quantitative estimate of drug-likeness (QED) is 0.120. The summed E-state index contributed by atoms with van der Waals surface area (Å²) in [6.07, 6.45) is 10.1. The topological polar surface area (TPSA) is 118 Å². The van der Waals surface area contributed by atoms with E-state index in [2.05, 4.69) is 50.3 Å². The van der Waals surface area contributed by atoms with Gasteiger partial charge in [-0.05, 0) is 126 Å². The van der Waals surface area contributed by atoms with E-state index in [1.165, 1.54) is 40.4 Å². The largest absolute Gasteiger partial charge is 0.481 e. The number of thiocarbonyl (C=S) groups is 2. The number of nitrogens with one attached hydrogen (secondary N) is 2. The summed E-state index contributed by atoms with van der Waals surface area (Å²) in [5.74, 6) is 1.17. The van der Waals surface area contributed by atoms with Crippen LogP contribution >= 0.6 is 36.2 Å². The zero-order chi connectivity index (χ0) is 31.1. The van der Waals surface area contributed by atoms with Crippen molar-refractivity contribution in [2.24, 2.45) is 5.73 Å². The first kappa shape index (κ1) is 31.2. The average molecular weight is 641 g/mol. The first-order valence-corrected chi connectivity index (χ1v) is 15.8. The lowest BCUT2D eigenvalue weighted by molar-refractivity contribution is 0.398.